The molecule has 2 aromatic carbocycles. The number of ether oxygens (including phenoxy) is 1. The molecule has 5 heteroatoms. The first-order valence-electron chi connectivity index (χ1n) is 7.21. The lowest BCUT2D eigenvalue weighted by molar-refractivity contribution is 0.414. The Morgan fingerprint density at radius 2 is 1.91 bits per heavy atom. The Balaban J connectivity index is 1.70. The van der Waals surface area contributed by atoms with Crippen LogP contribution < -0.4 is 10.2 Å². The van der Waals surface area contributed by atoms with E-state index in [2.05, 4.69) is 46.7 Å². The number of aryl methyl sites for hydroxylation is 1. The van der Waals surface area contributed by atoms with Crippen LogP contribution in [0.15, 0.2) is 59.0 Å². The smallest absolute Gasteiger partial charge is 0.203 e. The van der Waals surface area contributed by atoms with Crippen LogP contribution in [0, 0.1) is 6.92 Å². The molecule has 0 saturated heterocycles. The summed E-state index contributed by atoms with van der Waals surface area (Å²) in [6.07, 6.45) is 1.73. The maximum absolute atomic E-state index is 5.29. The lowest BCUT2D eigenvalue weighted by Gasteiger charge is -2.02. The molecule has 1 heterocycles. The van der Waals surface area contributed by atoms with E-state index in [0.29, 0.717) is 0 Å². The van der Waals surface area contributed by atoms with Crippen LogP contribution in [-0.4, -0.2) is 18.3 Å². The van der Waals surface area contributed by atoms with Gasteiger partial charge in [0.25, 0.3) is 0 Å². The number of aromatic nitrogens is 1. The van der Waals surface area contributed by atoms with Gasteiger partial charge in [-0.05, 0) is 19.1 Å². The summed E-state index contributed by atoms with van der Waals surface area (Å²) in [5.41, 5.74) is 7.18. The van der Waals surface area contributed by atoms with Crippen molar-refractivity contribution in [1.29, 1.82) is 0 Å². The molecule has 0 spiro atoms. The second kappa shape index (κ2) is 7.07. The van der Waals surface area contributed by atoms with E-state index >= 15 is 0 Å². The Labute approximate surface area is 139 Å². The third kappa shape index (κ3) is 3.76. The number of thiazole rings is 1. The molecule has 3 rings (SSSR count). The standard InChI is InChI=1S/C18H17N3OS/c1-13-7-9-14(10-8-13)16-12-23-18(20-16)21-19-11-15-5-3-4-6-17(15)22-2/h3-12H,1-2H3,(H,20,21)/b19-11-. The van der Waals surface area contributed by atoms with Gasteiger partial charge in [0.15, 0.2) is 0 Å². The molecule has 116 valence electrons. The highest BCUT2D eigenvalue weighted by Gasteiger charge is 2.03. The fraction of sp³-hybridized carbons (Fsp3) is 0.111. The maximum Gasteiger partial charge on any atom is 0.203 e. The third-order valence-electron chi connectivity index (χ3n) is 3.35. The monoisotopic (exact) mass is 323 g/mol. The number of methoxy groups -OCH3 is 1. The summed E-state index contributed by atoms with van der Waals surface area (Å²) in [6, 6.07) is 16.0. The summed E-state index contributed by atoms with van der Waals surface area (Å²) in [5.74, 6) is 0.789. The molecule has 3 aromatic rings. The first kappa shape index (κ1) is 15.2. The second-order valence-corrected chi connectivity index (χ2v) is 5.87. The average Bonchev–Trinajstić information content (AvgIpc) is 3.05. The van der Waals surface area contributed by atoms with Gasteiger partial charge in [0.2, 0.25) is 5.13 Å². The molecular weight excluding hydrogens is 306 g/mol. The Morgan fingerprint density at radius 1 is 1.13 bits per heavy atom. The van der Waals surface area contributed by atoms with Gasteiger partial charge in [-0.15, -0.1) is 11.3 Å². The minimum absolute atomic E-state index is 0.756. The van der Waals surface area contributed by atoms with Gasteiger partial charge in [-0.2, -0.15) is 5.10 Å². The van der Waals surface area contributed by atoms with Gasteiger partial charge < -0.3 is 4.74 Å². The van der Waals surface area contributed by atoms with Crippen molar-refractivity contribution in [3.8, 4) is 17.0 Å². The Bertz CT molecular complexity index is 809. The number of anilines is 1. The zero-order valence-corrected chi connectivity index (χ0v) is 13.8. The van der Waals surface area contributed by atoms with Crippen LogP contribution in [0.25, 0.3) is 11.3 Å². The van der Waals surface area contributed by atoms with Crippen LogP contribution in [0.1, 0.15) is 11.1 Å². The second-order valence-electron chi connectivity index (χ2n) is 5.02. The lowest BCUT2D eigenvalue weighted by Crippen LogP contribution is -1.93. The summed E-state index contributed by atoms with van der Waals surface area (Å²) < 4.78 is 5.29. The van der Waals surface area contributed by atoms with Crippen molar-refractivity contribution in [2.45, 2.75) is 6.92 Å². The van der Waals surface area contributed by atoms with Gasteiger partial charge in [0, 0.05) is 16.5 Å². The minimum atomic E-state index is 0.756. The van der Waals surface area contributed by atoms with Crippen molar-refractivity contribution in [3.63, 3.8) is 0 Å². The van der Waals surface area contributed by atoms with Crippen LogP contribution in [-0.2, 0) is 0 Å². The first-order chi connectivity index (χ1) is 11.3. The fourth-order valence-corrected chi connectivity index (χ4v) is 2.78. The van der Waals surface area contributed by atoms with E-state index in [0.717, 1.165) is 27.7 Å². The molecule has 0 atom stereocenters. The number of para-hydroxylation sites is 1. The van der Waals surface area contributed by atoms with Crippen LogP contribution in [0.3, 0.4) is 0 Å². The molecule has 4 nitrogen and oxygen atoms in total. The number of hydrogen-bond donors (Lipinski definition) is 1. The van der Waals surface area contributed by atoms with Crippen LogP contribution in [0.5, 0.6) is 5.75 Å². The normalized spacial score (nSPS) is 10.9. The maximum atomic E-state index is 5.29. The average molecular weight is 323 g/mol. The molecule has 0 fully saturated rings. The SMILES string of the molecule is COc1ccccc1/C=N\Nc1nc(-c2ccc(C)cc2)cs1. The van der Waals surface area contributed by atoms with Gasteiger partial charge >= 0.3 is 0 Å². The molecule has 0 aliphatic carbocycles. The molecule has 0 bridgehead atoms. The first-order valence-corrected chi connectivity index (χ1v) is 8.09. The van der Waals surface area contributed by atoms with Crippen molar-refractivity contribution in [3.05, 3.63) is 65.0 Å². The summed E-state index contributed by atoms with van der Waals surface area (Å²) in [4.78, 5) is 4.55. The fourth-order valence-electron chi connectivity index (χ4n) is 2.11. The van der Waals surface area contributed by atoms with Gasteiger partial charge in [0.1, 0.15) is 5.75 Å². The molecule has 0 saturated carbocycles. The minimum Gasteiger partial charge on any atom is -0.496 e. The van der Waals surface area contributed by atoms with E-state index < -0.39 is 0 Å². The number of benzene rings is 2. The Kier molecular flexibility index (Phi) is 4.68. The molecule has 0 unspecified atom stereocenters. The highest BCUT2D eigenvalue weighted by atomic mass is 32.1. The molecular formula is C18H17N3OS. The summed E-state index contributed by atoms with van der Waals surface area (Å²) in [6.45, 7) is 2.07. The van der Waals surface area contributed by atoms with Crippen molar-refractivity contribution >= 4 is 22.7 Å². The van der Waals surface area contributed by atoms with E-state index in [4.69, 9.17) is 4.74 Å². The van der Waals surface area contributed by atoms with Crippen LogP contribution in [0.2, 0.25) is 0 Å². The zero-order valence-electron chi connectivity index (χ0n) is 13.0. The lowest BCUT2D eigenvalue weighted by atomic mass is 10.1. The Hall–Kier alpha value is -2.66. The van der Waals surface area contributed by atoms with Crippen molar-refractivity contribution < 1.29 is 4.74 Å². The molecule has 0 radical (unpaired) electrons. The van der Waals surface area contributed by atoms with E-state index in [1.54, 1.807) is 13.3 Å². The van der Waals surface area contributed by atoms with E-state index in [-0.39, 0.29) is 0 Å². The summed E-state index contributed by atoms with van der Waals surface area (Å²) in [7, 11) is 1.65. The molecule has 0 amide bonds. The van der Waals surface area contributed by atoms with Gasteiger partial charge in [-0.3, -0.25) is 5.43 Å². The van der Waals surface area contributed by atoms with E-state index in [1.165, 1.54) is 16.9 Å². The summed E-state index contributed by atoms with van der Waals surface area (Å²) >= 11 is 1.53. The quantitative estimate of drug-likeness (QED) is 0.552. The molecule has 23 heavy (non-hydrogen) atoms. The number of rotatable bonds is 5. The molecule has 1 aromatic heterocycles. The van der Waals surface area contributed by atoms with Crippen molar-refractivity contribution in [2.24, 2.45) is 5.10 Å². The molecule has 0 aliphatic rings. The number of nitrogens with one attached hydrogen (secondary N) is 1. The predicted octanol–water partition coefficient (Wildman–Crippen LogP) is 4.57. The van der Waals surface area contributed by atoms with Gasteiger partial charge in [0.05, 0.1) is 19.0 Å². The van der Waals surface area contributed by atoms with E-state index in [1.807, 2.05) is 29.6 Å². The zero-order chi connectivity index (χ0) is 16.1. The number of hydrogen-bond acceptors (Lipinski definition) is 5. The van der Waals surface area contributed by atoms with Crippen LogP contribution in [0.4, 0.5) is 5.13 Å². The predicted molar refractivity (Wildman–Crippen MR) is 96.5 cm³/mol. The third-order valence-corrected chi connectivity index (χ3v) is 4.10. The highest BCUT2D eigenvalue weighted by molar-refractivity contribution is 7.14. The molecule has 1 N–H and O–H groups in total. The van der Waals surface area contributed by atoms with Crippen molar-refractivity contribution in [1.82, 2.24) is 4.98 Å². The topological polar surface area (TPSA) is 46.5 Å². The highest BCUT2D eigenvalue weighted by Crippen LogP contribution is 2.25. The number of hydrazone groups is 1. The Morgan fingerprint density at radius 3 is 2.70 bits per heavy atom. The van der Waals surface area contributed by atoms with E-state index in [9.17, 15) is 0 Å². The van der Waals surface area contributed by atoms with Gasteiger partial charge in [-0.25, -0.2) is 4.98 Å². The largest absolute Gasteiger partial charge is 0.496 e. The van der Waals surface area contributed by atoms with Crippen molar-refractivity contribution in [2.75, 3.05) is 12.5 Å². The molecule has 0 aliphatic heterocycles. The van der Waals surface area contributed by atoms with Gasteiger partial charge in [-0.1, -0.05) is 42.0 Å². The van der Waals surface area contributed by atoms with Crippen LogP contribution >= 0.6 is 11.3 Å². The summed E-state index contributed by atoms with van der Waals surface area (Å²) in [5, 5.41) is 7.01. The number of nitrogens with zero attached hydrogens (tertiary/aromatic N) is 2.